The van der Waals surface area contributed by atoms with Crippen LogP contribution >= 0.6 is 0 Å². The van der Waals surface area contributed by atoms with Gasteiger partial charge in [-0.15, -0.1) is 0 Å². The van der Waals surface area contributed by atoms with Gasteiger partial charge >= 0.3 is 0 Å². The molecule has 1 aromatic heterocycles. The van der Waals surface area contributed by atoms with Crippen molar-refractivity contribution in [1.29, 1.82) is 0 Å². The number of carbonyl (C=O) groups is 1. The van der Waals surface area contributed by atoms with E-state index in [0.717, 1.165) is 17.1 Å². The molecule has 3 heterocycles. The first-order chi connectivity index (χ1) is 13.5. The van der Waals surface area contributed by atoms with Gasteiger partial charge in [0.05, 0.1) is 13.2 Å². The molecule has 28 heavy (non-hydrogen) atoms. The Kier molecular flexibility index (Phi) is 5.19. The number of benzene rings is 1. The van der Waals surface area contributed by atoms with Gasteiger partial charge < -0.3 is 24.6 Å². The summed E-state index contributed by atoms with van der Waals surface area (Å²) in [5, 5.41) is 3.34. The van der Waals surface area contributed by atoms with Crippen LogP contribution in [0, 0.1) is 0 Å². The number of likely N-dealkylation sites (tertiary alicyclic amines) is 1. The first-order valence-electron chi connectivity index (χ1n) is 9.62. The maximum absolute atomic E-state index is 12.9. The Labute approximate surface area is 165 Å². The number of carbonyl (C=O) groups excluding carboxylic acids is 1. The monoisotopic (exact) mass is 382 g/mol. The molecule has 2 saturated heterocycles. The van der Waals surface area contributed by atoms with Crippen molar-refractivity contribution in [3.63, 3.8) is 0 Å². The maximum Gasteiger partial charge on any atom is 0.272 e. The van der Waals surface area contributed by atoms with Gasteiger partial charge in [0.1, 0.15) is 5.69 Å². The number of ether oxygens (including phenoxy) is 2. The molecule has 0 radical (unpaired) electrons. The molecule has 7 heteroatoms. The van der Waals surface area contributed by atoms with Crippen molar-refractivity contribution < 1.29 is 14.3 Å². The Bertz CT molecular complexity index is 822. The zero-order valence-electron chi connectivity index (χ0n) is 16.4. The molecular weight excluding hydrogens is 356 g/mol. The number of nitrogens with zero attached hydrogens (tertiary/aromatic N) is 3. The molecule has 7 nitrogen and oxygen atoms in total. The summed E-state index contributed by atoms with van der Waals surface area (Å²) < 4.78 is 11.5. The number of piperidine rings is 1. The van der Waals surface area contributed by atoms with E-state index in [-0.39, 0.29) is 5.91 Å². The largest absolute Gasteiger partial charge is 0.378 e. The number of hydrogen-bond acceptors (Lipinski definition) is 6. The van der Waals surface area contributed by atoms with E-state index in [9.17, 15) is 4.79 Å². The van der Waals surface area contributed by atoms with Crippen LogP contribution in [0.2, 0.25) is 0 Å². The first kappa shape index (κ1) is 18.7. The second kappa shape index (κ2) is 7.77. The van der Waals surface area contributed by atoms with E-state index < -0.39 is 5.79 Å². The van der Waals surface area contributed by atoms with E-state index in [1.54, 1.807) is 12.3 Å². The Balaban J connectivity index is 1.41. The van der Waals surface area contributed by atoms with Crippen molar-refractivity contribution in [2.45, 2.75) is 18.6 Å². The third-order valence-corrected chi connectivity index (χ3v) is 5.28. The molecule has 2 fully saturated rings. The van der Waals surface area contributed by atoms with E-state index in [0.29, 0.717) is 44.8 Å². The van der Waals surface area contributed by atoms with Gasteiger partial charge in [-0.3, -0.25) is 9.78 Å². The highest BCUT2D eigenvalue weighted by Gasteiger charge is 2.41. The van der Waals surface area contributed by atoms with Gasteiger partial charge in [-0.1, -0.05) is 0 Å². The van der Waals surface area contributed by atoms with Crippen LogP contribution in [0.3, 0.4) is 0 Å². The molecule has 2 aromatic rings. The second-order valence-corrected chi connectivity index (χ2v) is 7.40. The van der Waals surface area contributed by atoms with Gasteiger partial charge in [-0.05, 0) is 36.4 Å². The number of amides is 1. The first-order valence-corrected chi connectivity index (χ1v) is 9.62. The van der Waals surface area contributed by atoms with Crippen molar-refractivity contribution in [2.75, 3.05) is 50.6 Å². The molecule has 0 aliphatic carbocycles. The number of hydrogen-bond donors (Lipinski definition) is 1. The van der Waals surface area contributed by atoms with E-state index >= 15 is 0 Å². The van der Waals surface area contributed by atoms with E-state index in [2.05, 4.69) is 15.2 Å². The highest BCUT2D eigenvalue weighted by atomic mass is 16.7. The van der Waals surface area contributed by atoms with Crippen LogP contribution in [0.1, 0.15) is 23.3 Å². The summed E-state index contributed by atoms with van der Waals surface area (Å²) in [7, 11) is 4.02. The lowest BCUT2D eigenvalue weighted by atomic mass is 10.0. The summed E-state index contributed by atoms with van der Waals surface area (Å²) in [4.78, 5) is 21.0. The average Bonchev–Trinajstić information content (AvgIpc) is 3.16. The lowest BCUT2D eigenvalue weighted by Gasteiger charge is -2.37. The van der Waals surface area contributed by atoms with Crippen molar-refractivity contribution in [1.82, 2.24) is 9.88 Å². The van der Waals surface area contributed by atoms with Crippen LogP contribution < -0.4 is 10.2 Å². The van der Waals surface area contributed by atoms with Gasteiger partial charge in [0.15, 0.2) is 5.79 Å². The molecule has 2 aliphatic rings. The van der Waals surface area contributed by atoms with Crippen LogP contribution in [0.15, 0.2) is 42.6 Å². The smallest absolute Gasteiger partial charge is 0.272 e. The van der Waals surface area contributed by atoms with Crippen LogP contribution in [0.5, 0.6) is 0 Å². The Morgan fingerprint density at radius 1 is 1.07 bits per heavy atom. The van der Waals surface area contributed by atoms with Crippen LogP contribution in [0.4, 0.5) is 17.1 Å². The highest BCUT2D eigenvalue weighted by Crippen LogP contribution is 2.31. The fourth-order valence-corrected chi connectivity index (χ4v) is 3.63. The number of aromatic nitrogens is 1. The van der Waals surface area contributed by atoms with Crippen LogP contribution in [-0.4, -0.2) is 62.0 Å². The number of pyridine rings is 1. The molecule has 1 amide bonds. The second-order valence-electron chi connectivity index (χ2n) is 7.40. The Morgan fingerprint density at radius 2 is 1.75 bits per heavy atom. The number of nitrogens with one attached hydrogen (secondary N) is 1. The lowest BCUT2D eigenvalue weighted by molar-refractivity contribution is -0.181. The van der Waals surface area contributed by atoms with Crippen LogP contribution in [-0.2, 0) is 9.47 Å². The van der Waals surface area contributed by atoms with Gasteiger partial charge in [0, 0.05) is 63.3 Å². The molecule has 0 unspecified atom stereocenters. The maximum atomic E-state index is 12.9. The zero-order valence-corrected chi connectivity index (χ0v) is 16.4. The topological polar surface area (TPSA) is 66.9 Å². The molecule has 1 aromatic carbocycles. The molecule has 2 aliphatic heterocycles. The average molecular weight is 382 g/mol. The quantitative estimate of drug-likeness (QED) is 0.877. The zero-order chi connectivity index (χ0) is 19.6. The van der Waals surface area contributed by atoms with Crippen molar-refractivity contribution in [2.24, 2.45) is 0 Å². The Morgan fingerprint density at radius 3 is 2.39 bits per heavy atom. The molecular formula is C21H26N4O3. The summed E-state index contributed by atoms with van der Waals surface area (Å²) in [5.41, 5.74) is 3.38. The minimum atomic E-state index is -0.480. The molecule has 1 spiro atoms. The van der Waals surface area contributed by atoms with Gasteiger partial charge in [0.2, 0.25) is 0 Å². The van der Waals surface area contributed by atoms with E-state index in [1.165, 1.54) is 0 Å². The molecule has 148 valence electrons. The minimum Gasteiger partial charge on any atom is -0.378 e. The SMILES string of the molecule is CN(C)c1ccc(Nc2ccnc(C(=O)N3CCC4(CC3)OCCO4)c2)cc1. The summed E-state index contributed by atoms with van der Waals surface area (Å²) in [6.45, 7) is 2.51. The van der Waals surface area contributed by atoms with Gasteiger partial charge in [-0.25, -0.2) is 0 Å². The van der Waals surface area contributed by atoms with Gasteiger partial charge in [-0.2, -0.15) is 0 Å². The normalized spacial score (nSPS) is 18.3. The fraction of sp³-hybridized carbons (Fsp3) is 0.429. The predicted molar refractivity (Wildman–Crippen MR) is 108 cm³/mol. The minimum absolute atomic E-state index is 0.0561. The fourth-order valence-electron chi connectivity index (χ4n) is 3.63. The third kappa shape index (κ3) is 3.95. The van der Waals surface area contributed by atoms with E-state index in [1.807, 2.05) is 49.3 Å². The number of rotatable bonds is 4. The summed E-state index contributed by atoms with van der Waals surface area (Å²) in [6.07, 6.45) is 3.07. The van der Waals surface area contributed by atoms with Crippen molar-refractivity contribution >= 4 is 23.0 Å². The highest BCUT2D eigenvalue weighted by molar-refractivity contribution is 5.93. The summed E-state index contributed by atoms with van der Waals surface area (Å²) >= 11 is 0. The molecule has 1 N–H and O–H groups in total. The van der Waals surface area contributed by atoms with E-state index in [4.69, 9.17) is 9.47 Å². The molecule has 0 saturated carbocycles. The molecule has 0 atom stereocenters. The summed E-state index contributed by atoms with van der Waals surface area (Å²) in [5.74, 6) is -0.536. The standard InChI is InChI=1S/C21H26N4O3/c1-24(2)18-5-3-16(4-6-18)23-17-7-10-22-19(15-17)20(26)25-11-8-21(9-12-25)27-13-14-28-21/h3-7,10,15H,8-9,11-14H2,1-2H3,(H,22,23). The van der Waals surface area contributed by atoms with Crippen LogP contribution in [0.25, 0.3) is 0 Å². The van der Waals surface area contributed by atoms with Crippen molar-refractivity contribution in [3.05, 3.63) is 48.3 Å². The Hall–Kier alpha value is -2.64. The molecule has 0 bridgehead atoms. The third-order valence-electron chi connectivity index (χ3n) is 5.28. The van der Waals surface area contributed by atoms with Gasteiger partial charge in [0.25, 0.3) is 5.91 Å². The van der Waals surface area contributed by atoms with Crippen molar-refractivity contribution in [3.8, 4) is 0 Å². The predicted octanol–water partition coefficient (Wildman–Crippen LogP) is 2.87. The number of anilines is 3. The molecule has 4 rings (SSSR count). The summed E-state index contributed by atoms with van der Waals surface area (Å²) in [6, 6.07) is 11.8. The lowest BCUT2D eigenvalue weighted by Crippen LogP contribution is -2.47.